The van der Waals surface area contributed by atoms with Crippen LogP contribution in [0.4, 0.5) is 5.69 Å². The van der Waals surface area contributed by atoms with E-state index in [9.17, 15) is 4.79 Å². The molecular formula is C12H12N2O2S. The van der Waals surface area contributed by atoms with Crippen molar-refractivity contribution < 1.29 is 9.53 Å². The van der Waals surface area contributed by atoms with E-state index in [4.69, 9.17) is 10.5 Å². The second kappa shape index (κ2) is 4.97. The number of rotatable bonds is 4. The van der Waals surface area contributed by atoms with Crippen molar-refractivity contribution in [2.75, 3.05) is 5.73 Å². The molecule has 0 unspecified atom stereocenters. The van der Waals surface area contributed by atoms with E-state index >= 15 is 0 Å². The average molecular weight is 248 g/mol. The summed E-state index contributed by atoms with van der Waals surface area (Å²) in [4.78, 5) is 15.5. The Labute approximate surface area is 103 Å². The molecule has 0 fully saturated rings. The maximum Gasteiger partial charge on any atom is 0.163 e. The fraction of sp³-hybridized carbons (Fsp3) is 0.167. The standard InChI is InChI=1S/C12H12N2O2S/c1-8(15)10-6-9(13)2-3-11(10)16-7-12-14-4-5-17-12/h2-6H,7,13H2,1H3. The van der Waals surface area contributed by atoms with Crippen molar-refractivity contribution >= 4 is 22.8 Å². The third-order valence-corrected chi connectivity index (χ3v) is 2.97. The molecule has 0 radical (unpaired) electrons. The van der Waals surface area contributed by atoms with Crippen molar-refractivity contribution in [1.82, 2.24) is 4.98 Å². The van der Waals surface area contributed by atoms with Gasteiger partial charge in [-0.25, -0.2) is 4.98 Å². The molecule has 0 saturated heterocycles. The Morgan fingerprint density at radius 2 is 2.35 bits per heavy atom. The van der Waals surface area contributed by atoms with Gasteiger partial charge in [-0.05, 0) is 25.1 Å². The third kappa shape index (κ3) is 2.82. The lowest BCUT2D eigenvalue weighted by atomic mass is 10.1. The van der Waals surface area contributed by atoms with Gasteiger partial charge in [-0.2, -0.15) is 0 Å². The second-order valence-corrected chi connectivity index (χ2v) is 4.51. The van der Waals surface area contributed by atoms with E-state index < -0.39 is 0 Å². The molecule has 17 heavy (non-hydrogen) atoms. The minimum absolute atomic E-state index is 0.0635. The number of hydrogen-bond acceptors (Lipinski definition) is 5. The highest BCUT2D eigenvalue weighted by Crippen LogP contribution is 2.23. The molecule has 1 aromatic carbocycles. The van der Waals surface area contributed by atoms with Gasteiger partial charge in [-0.3, -0.25) is 4.79 Å². The first kappa shape index (κ1) is 11.6. The van der Waals surface area contributed by atoms with Crippen LogP contribution in [0.3, 0.4) is 0 Å². The van der Waals surface area contributed by atoms with E-state index in [1.54, 1.807) is 24.4 Å². The summed E-state index contributed by atoms with van der Waals surface area (Å²) in [6, 6.07) is 5.04. The molecule has 1 heterocycles. The lowest BCUT2D eigenvalue weighted by Crippen LogP contribution is -2.02. The second-order valence-electron chi connectivity index (χ2n) is 3.53. The number of nitrogens with two attached hydrogens (primary N) is 1. The highest BCUT2D eigenvalue weighted by molar-refractivity contribution is 7.09. The Morgan fingerprint density at radius 1 is 1.53 bits per heavy atom. The van der Waals surface area contributed by atoms with Crippen LogP contribution in [0.15, 0.2) is 29.8 Å². The topological polar surface area (TPSA) is 65.2 Å². The first-order valence-corrected chi connectivity index (χ1v) is 5.96. The summed E-state index contributed by atoms with van der Waals surface area (Å²) < 4.78 is 5.57. The van der Waals surface area contributed by atoms with Gasteiger partial charge in [-0.1, -0.05) is 0 Å². The molecule has 0 aliphatic heterocycles. The van der Waals surface area contributed by atoms with E-state index in [0.717, 1.165) is 5.01 Å². The SMILES string of the molecule is CC(=O)c1cc(N)ccc1OCc1nccs1. The Bertz CT molecular complexity index is 523. The highest BCUT2D eigenvalue weighted by Gasteiger charge is 2.09. The predicted molar refractivity (Wildman–Crippen MR) is 67.3 cm³/mol. The molecule has 5 heteroatoms. The van der Waals surface area contributed by atoms with Gasteiger partial charge >= 0.3 is 0 Å². The lowest BCUT2D eigenvalue weighted by molar-refractivity contribution is 0.101. The number of carbonyl (C=O) groups excluding carboxylic acids is 1. The molecule has 0 spiro atoms. The van der Waals surface area contributed by atoms with E-state index in [2.05, 4.69) is 4.98 Å². The van der Waals surface area contributed by atoms with Gasteiger partial charge < -0.3 is 10.5 Å². The normalized spacial score (nSPS) is 10.2. The summed E-state index contributed by atoms with van der Waals surface area (Å²) in [7, 11) is 0. The number of nitrogen functional groups attached to an aromatic ring is 1. The maximum absolute atomic E-state index is 11.4. The van der Waals surface area contributed by atoms with Crippen molar-refractivity contribution in [2.45, 2.75) is 13.5 Å². The number of nitrogens with zero attached hydrogens (tertiary/aromatic N) is 1. The Kier molecular flexibility index (Phi) is 3.39. The van der Waals surface area contributed by atoms with Crippen molar-refractivity contribution in [2.24, 2.45) is 0 Å². The number of ketones is 1. The average Bonchev–Trinajstić information content (AvgIpc) is 2.80. The number of hydrogen-bond donors (Lipinski definition) is 1. The van der Waals surface area contributed by atoms with Crippen molar-refractivity contribution in [3.05, 3.63) is 40.3 Å². The van der Waals surface area contributed by atoms with Crippen LogP contribution in [0.2, 0.25) is 0 Å². The first-order valence-electron chi connectivity index (χ1n) is 5.08. The molecule has 88 valence electrons. The fourth-order valence-electron chi connectivity index (χ4n) is 1.41. The maximum atomic E-state index is 11.4. The number of benzene rings is 1. The lowest BCUT2D eigenvalue weighted by Gasteiger charge is -2.09. The number of Topliss-reactive ketones (excluding diaryl/α,β-unsaturated/α-hetero) is 1. The molecule has 0 bridgehead atoms. The number of aromatic nitrogens is 1. The van der Waals surface area contributed by atoms with Crippen LogP contribution in [0.5, 0.6) is 5.75 Å². The molecule has 2 aromatic rings. The predicted octanol–water partition coefficient (Wildman–Crippen LogP) is 2.51. The zero-order valence-corrected chi connectivity index (χ0v) is 10.2. The van der Waals surface area contributed by atoms with E-state index in [1.807, 2.05) is 5.38 Å². The summed E-state index contributed by atoms with van der Waals surface area (Å²) in [5.41, 5.74) is 6.69. The number of anilines is 1. The molecule has 0 saturated carbocycles. The van der Waals surface area contributed by atoms with E-state index in [-0.39, 0.29) is 5.78 Å². The van der Waals surface area contributed by atoms with Gasteiger partial charge in [-0.15, -0.1) is 11.3 Å². The van der Waals surface area contributed by atoms with Crippen LogP contribution >= 0.6 is 11.3 Å². The molecule has 0 aliphatic carbocycles. The smallest absolute Gasteiger partial charge is 0.163 e. The molecule has 4 nitrogen and oxygen atoms in total. The molecule has 1 aromatic heterocycles. The molecular weight excluding hydrogens is 236 g/mol. The van der Waals surface area contributed by atoms with Gasteiger partial charge in [0.25, 0.3) is 0 Å². The van der Waals surface area contributed by atoms with Gasteiger partial charge in [0.1, 0.15) is 17.4 Å². The minimum Gasteiger partial charge on any atom is -0.486 e. The Morgan fingerprint density at radius 3 is 3.00 bits per heavy atom. The van der Waals surface area contributed by atoms with E-state index in [0.29, 0.717) is 23.6 Å². The molecule has 0 atom stereocenters. The first-order chi connectivity index (χ1) is 8.16. The minimum atomic E-state index is -0.0635. The van der Waals surface area contributed by atoms with Gasteiger partial charge in [0, 0.05) is 17.3 Å². The third-order valence-electron chi connectivity index (χ3n) is 2.22. The van der Waals surface area contributed by atoms with Crippen LogP contribution in [-0.4, -0.2) is 10.8 Å². The van der Waals surface area contributed by atoms with Crippen LogP contribution in [-0.2, 0) is 6.61 Å². The van der Waals surface area contributed by atoms with Gasteiger partial charge in [0.2, 0.25) is 0 Å². The number of thiazole rings is 1. The molecule has 0 amide bonds. The van der Waals surface area contributed by atoms with Crippen LogP contribution in [0.25, 0.3) is 0 Å². The summed E-state index contributed by atoms with van der Waals surface area (Å²) in [5.74, 6) is 0.480. The number of carbonyl (C=O) groups is 1. The zero-order valence-electron chi connectivity index (χ0n) is 9.34. The van der Waals surface area contributed by atoms with E-state index in [1.165, 1.54) is 18.3 Å². The summed E-state index contributed by atoms with van der Waals surface area (Å²) in [6.45, 7) is 1.85. The Balaban J connectivity index is 2.17. The molecule has 0 aliphatic rings. The summed E-state index contributed by atoms with van der Waals surface area (Å²) in [6.07, 6.45) is 1.72. The largest absolute Gasteiger partial charge is 0.486 e. The zero-order chi connectivity index (χ0) is 12.3. The van der Waals surface area contributed by atoms with Crippen molar-refractivity contribution in [3.63, 3.8) is 0 Å². The summed E-state index contributed by atoms with van der Waals surface area (Å²) in [5, 5.41) is 2.75. The number of ether oxygens (including phenoxy) is 1. The van der Waals surface area contributed by atoms with Crippen LogP contribution in [0, 0.1) is 0 Å². The summed E-state index contributed by atoms with van der Waals surface area (Å²) >= 11 is 1.51. The molecule has 2 N–H and O–H groups in total. The van der Waals surface area contributed by atoms with Crippen molar-refractivity contribution in [3.8, 4) is 5.75 Å². The van der Waals surface area contributed by atoms with Crippen molar-refractivity contribution in [1.29, 1.82) is 0 Å². The van der Waals surface area contributed by atoms with Crippen LogP contribution in [0.1, 0.15) is 22.3 Å². The fourth-order valence-corrected chi connectivity index (χ4v) is 1.94. The molecule has 2 rings (SSSR count). The quantitative estimate of drug-likeness (QED) is 0.667. The van der Waals surface area contributed by atoms with Gasteiger partial charge in [0.05, 0.1) is 5.56 Å². The monoisotopic (exact) mass is 248 g/mol. The van der Waals surface area contributed by atoms with Crippen LogP contribution < -0.4 is 10.5 Å². The van der Waals surface area contributed by atoms with Gasteiger partial charge in [0.15, 0.2) is 5.78 Å². The highest BCUT2D eigenvalue weighted by atomic mass is 32.1. The Hall–Kier alpha value is -1.88.